The first-order valence-corrected chi connectivity index (χ1v) is 6.49. The zero-order valence-corrected chi connectivity index (χ0v) is 9.64. The fraction of sp³-hybridized carbons (Fsp3) is 0.375. The van der Waals surface area contributed by atoms with E-state index < -0.39 is 7.60 Å². The topological polar surface area (TPSA) is 52.6 Å². The van der Waals surface area contributed by atoms with Crippen LogP contribution < -0.4 is 0 Å². The maximum Gasteiger partial charge on any atom is 0.337 e. The van der Waals surface area contributed by atoms with Gasteiger partial charge in [-0.3, -0.25) is 9.36 Å². The normalized spacial score (nSPS) is 11.6. The van der Waals surface area contributed by atoms with Crippen molar-refractivity contribution in [2.45, 2.75) is 0 Å². The summed E-state index contributed by atoms with van der Waals surface area (Å²) in [5.74, 6) is -0.216. The number of hydrogen-bond acceptors (Lipinski definition) is 5. The molecule has 0 fully saturated rings. The summed E-state index contributed by atoms with van der Waals surface area (Å²) in [4.78, 5) is 12.1. The van der Waals surface area contributed by atoms with Gasteiger partial charge in [0.05, 0.1) is 4.88 Å². The average Bonchev–Trinajstić information content (AvgIpc) is 2.70. The Bertz CT molecular complexity index is 338. The van der Waals surface area contributed by atoms with Crippen molar-refractivity contribution < 1.29 is 18.4 Å². The van der Waals surface area contributed by atoms with Gasteiger partial charge in [0.15, 0.2) is 5.78 Å². The second kappa shape index (κ2) is 4.84. The van der Waals surface area contributed by atoms with Crippen LogP contribution in [-0.4, -0.2) is 26.2 Å². The molecule has 0 radical (unpaired) electrons. The van der Waals surface area contributed by atoms with E-state index >= 15 is 0 Å². The van der Waals surface area contributed by atoms with Crippen LogP contribution in [0.5, 0.6) is 0 Å². The largest absolute Gasteiger partial charge is 0.337 e. The molecule has 0 amide bonds. The van der Waals surface area contributed by atoms with E-state index in [4.69, 9.17) is 0 Å². The lowest BCUT2D eigenvalue weighted by Crippen LogP contribution is -2.06. The van der Waals surface area contributed by atoms with E-state index in [1.807, 2.05) is 0 Å². The molecule has 1 aromatic heterocycles. The molecule has 0 aromatic carbocycles. The molecule has 1 heterocycles. The molecule has 78 valence electrons. The first-order chi connectivity index (χ1) is 6.61. The summed E-state index contributed by atoms with van der Waals surface area (Å²) in [7, 11) is -0.682. The van der Waals surface area contributed by atoms with Gasteiger partial charge >= 0.3 is 7.60 Å². The number of rotatable bonds is 5. The van der Waals surface area contributed by atoms with Crippen molar-refractivity contribution in [2.75, 3.05) is 20.4 Å². The lowest BCUT2D eigenvalue weighted by atomic mass is 10.4. The van der Waals surface area contributed by atoms with Crippen LogP contribution in [0.25, 0.3) is 0 Å². The maximum absolute atomic E-state index is 11.6. The van der Waals surface area contributed by atoms with E-state index in [-0.39, 0.29) is 11.9 Å². The molecule has 0 aliphatic heterocycles. The molecule has 0 saturated carbocycles. The number of Topliss-reactive ketones (excluding diaryl/α,β-unsaturated/α-hetero) is 1. The van der Waals surface area contributed by atoms with E-state index in [1.54, 1.807) is 17.5 Å². The molecule has 1 rings (SSSR count). The molecule has 0 spiro atoms. The number of carbonyl (C=O) groups is 1. The Hall–Kier alpha value is -0.480. The number of thiophene rings is 1. The Kier molecular flexibility index (Phi) is 4.01. The molecule has 0 bridgehead atoms. The zero-order valence-electron chi connectivity index (χ0n) is 7.93. The summed E-state index contributed by atoms with van der Waals surface area (Å²) in [6, 6.07) is 3.45. The summed E-state index contributed by atoms with van der Waals surface area (Å²) in [6.45, 7) is 0. The van der Waals surface area contributed by atoms with Gasteiger partial charge in [-0.25, -0.2) is 0 Å². The van der Waals surface area contributed by atoms with Crippen molar-refractivity contribution in [3.63, 3.8) is 0 Å². The molecule has 1 aromatic rings. The third-order valence-electron chi connectivity index (χ3n) is 1.69. The van der Waals surface area contributed by atoms with Gasteiger partial charge in [-0.05, 0) is 11.4 Å². The van der Waals surface area contributed by atoms with Gasteiger partial charge in [-0.15, -0.1) is 11.3 Å². The molecule has 0 unspecified atom stereocenters. The third-order valence-corrected chi connectivity index (χ3v) is 4.39. The summed E-state index contributed by atoms with van der Waals surface area (Å²) in [6.07, 6.45) is -0.208. The van der Waals surface area contributed by atoms with E-state index in [2.05, 4.69) is 9.05 Å². The highest BCUT2D eigenvalue weighted by atomic mass is 32.1. The van der Waals surface area contributed by atoms with Gasteiger partial charge in [0.25, 0.3) is 0 Å². The van der Waals surface area contributed by atoms with Crippen molar-refractivity contribution in [3.05, 3.63) is 22.4 Å². The van der Waals surface area contributed by atoms with E-state index in [1.165, 1.54) is 25.6 Å². The van der Waals surface area contributed by atoms with Gasteiger partial charge in [-0.1, -0.05) is 6.07 Å². The molecular weight excluding hydrogens is 223 g/mol. The minimum atomic E-state index is -3.22. The average molecular weight is 234 g/mol. The second-order valence-corrected chi connectivity index (χ2v) is 5.75. The molecule has 0 saturated heterocycles. The molecule has 0 aliphatic rings. The van der Waals surface area contributed by atoms with Crippen LogP contribution in [0.2, 0.25) is 0 Å². The fourth-order valence-corrected chi connectivity index (χ4v) is 2.60. The van der Waals surface area contributed by atoms with Crippen LogP contribution in [0.15, 0.2) is 17.5 Å². The smallest absolute Gasteiger partial charge is 0.312 e. The minimum Gasteiger partial charge on any atom is -0.312 e. The highest BCUT2D eigenvalue weighted by molar-refractivity contribution is 7.55. The Morgan fingerprint density at radius 1 is 1.50 bits per heavy atom. The number of hydrogen-bond donors (Lipinski definition) is 0. The highest BCUT2D eigenvalue weighted by Crippen LogP contribution is 2.46. The van der Waals surface area contributed by atoms with Gasteiger partial charge < -0.3 is 9.05 Å². The van der Waals surface area contributed by atoms with Gasteiger partial charge in [-0.2, -0.15) is 0 Å². The van der Waals surface area contributed by atoms with Crippen LogP contribution in [-0.2, 0) is 13.6 Å². The summed E-state index contributed by atoms with van der Waals surface area (Å²) < 4.78 is 20.9. The van der Waals surface area contributed by atoms with Gasteiger partial charge in [0.1, 0.15) is 6.16 Å². The lowest BCUT2D eigenvalue weighted by molar-refractivity contribution is 0.101. The van der Waals surface area contributed by atoms with Crippen LogP contribution in [0.1, 0.15) is 9.67 Å². The van der Waals surface area contributed by atoms with Gasteiger partial charge in [0.2, 0.25) is 0 Å². The van der Waals surface area contributed by atoms with E-state index in [9.17, 15) is 9.36 Å². The molecular formula is C8H11O4PS. The Morgan fingerprint density at radius 3 is 2.57 bits per heavy atom. The van der Waals surface area contributed by atoms with Crippen molar-refractivity contribution in [1.82, 2.24) is 0 Å². The molecule has 0 aliphatic carbocycles. The first-order valence-electron chi connectivity index (χ1n) is 3.88. The van der Waals surface area contributed by atoms with Crippen molar-refractivity contribution in [1.29, 1.82) is 0 Å². The zero-order chi connectivity index (χ0) is 10.6. The van der Waals surface area contributed by atoms with Crippen molar-refractivity contribution >= 4 is 24.7 Å². The van der Waals surface area contributed by atoms with Crippen molar-refractivity contribution in [2.24, 2.45) is 0 Å². The molecule has 6 heteroatoms. The van der Waals surface area contributed by atoms with Crippen LogP contribution in [0.4, 0.5) is 0 Å². The number of carbonyl (C=O) groups excluding carboxylic acids is 1. The highest BCUT2D eigenvalue weighted by Gasteiger charge is 2.26. The molecule has 14 heavy (non-hydrogen) atoms. The first kappa shape index (κ1) is 11.6. The summed E-state index contributed by atoms with van der Waals surface area (Å²) in [5.41, 5.74) is 0. The Labute approximate surface area is 86.4 Å². The SMILES string of the molecule is COP(=O)(CC(=O)c1cccs1)OC. The Balaban J connectivity index is 2.70. The minimum absolute atomic E-state index is 0.208. The monoisotopic (exact) mass is 234 g/mol. The third kappa shape index (κ3) is 2.75. The van der Waals surface area contributed by atoms with Crippen LogP contribution in [0, 0.1) is 0 Å². The quantitative estimate of drug-likeness (QED) is 0.580. The summed E-state index contributed by atoms with van der Waals surface area (Å²) >= 11 is 1.31. The predicted molar refractivity (Wildman–Crippen MR) is 55.1 cm³/mol. The lowest BCUT2D eigenvalue weighted by Gasteiger charge is -2.11. The maximum atomic E-state index is 11.6. The predicted octanol–water partition coefficient (Wildman–Crippen LogP) is 2.42. The van der Waals surface area contributed by atoms with Crippen molar-refractivity contribution in [3.8, 4) is 0 Å². The van der Waals surface area contributed by atoms with E-state index in [0.717, 1.165) is 0 Å². The molecule has 0 atom stereocenters. The van der Waals surface area contributed by atoms with Crippen LogP contribution >= 0.6 is 18.9 Å². The molecule has 0 N–H and O–H groups in total. The van der Waals surface area contributed by atoms with Gasteiger partial charge in [0, 0.05) is 14.2 Å². The Morgan fingerprint density at radius 2 is 2.14 bits per heavy atom. The fourth-order valence-electron chi connectivity index (χ4n) is 0.895. The number of ketones is 1. The summed E-state index contributed by atoms with van der Waals surface area (Å²) in [5, 5.41) is 1.79. The molecule has 4 nitrogen and oxygen atoms in total. The van der Waals surface area contributed by atoms with Crippen LogP contribution in [0.3, 0.4) is 0 Å². The van der Waals surface area contributed by atoms with E-state index in [0.29, 0.717) is 4.88 Å². The standard InChI is InChI=1S/C8H11O4PS/c1-11-13(10,12-2)6-7(9)8-4-3-5-14-8/h3-5H,6H2,1-2H3. The second-order valence-electron chi connectivity index (χ2n) is 2.53.